The number of rotatable bonds is 2. The van der Waals surface area contributed by atoms with Crippen LogP contribution >= 0.6 is 35.3 Å². The van der Waals surface area contributed by atoms with E-state index in [1.807, 2.05) is 17.5 Å². The van der Waals surface area contributed by atoms with E-state index in [2.05, 4.69) is 0 Å². The largest absolute Gasteiger partial charge is 0.416 e. The van der Waals surface area contributed by atoms with Gasteiger partial charge in [0.05, 0.1) is 16.2 Å². The van der Waals surface area contributed by atoms with Gasteiger partial charge in [-0.05, 0) is 35.7 Å². The number of halogens is 3. The van der Waals surface area contributed by atoms with Crippen LogP contribution in [0.3, 0.4) is 0 Å². The van der Waals surface area contributed by atoms with Crippen molar-refractivity contribution in [2.45, 2.75) is 6.18 Å². The molecule has 118 valence electrons. The number of thiophene rings is 1. The normalized spacial score (nSPS) is 17.3. The maximum Gasteiger partial charge on any atom is 0.416 e. The van der Waals surface area contributed by atoms with Gasteiger partial charge in [-0.2, -0.15) is 13.2 Å². The van der Waals surface area contributed by atoms with E-state index in [0.29, 0.717) is 4.91 Å². The Morgan fingerprint density at radius 3 is 2.61 bits per heavy atom. The summed E-state index contributed by atoms with van der Waals surface area (Å²) in [6.07, 6.45) is -2.78. The number of carbonyl (C=O) groups is 1. The van der Waals surface area contributed by atoms with Crippen LogP contribution in [0, 0.1) is 0 Å². The zero-order valence-corrected chi connectivity index (χ0v) is 13.8. The molecule has 0 saturated carbocycles. The molecule has 8 heteroatoms. The number of amides is 1. The van der Waals surface area contributed by atoms with Crippen LogP contribution in [-0.2, 0) is 11.0 Å². The second kappa shape index (κ2) is 6.10. The highest BCUT2D eigenvalue weighted by molar-refractivity contribution is 8.27. The van der Waals surface area contributed by atoms with E-state index in [9.17, 15) is 18.0 Å². The predicted molar refractivity (Wildman–Crippen MR) is 91.4 cm³/mol. The molecule has 2 heterocycles. The van der Waals surface area contributed by atoms with Crippen molar-refractivity contribution in [1.82, 2.24) is 0 Å². The summed E-state index contributed by atoms with van der Waals surface area (Å²) in [5.41, 5.74) is -0.691. The van der Waals surface area contributed by atoms with Crippen molar-refractivity contribution in [3.8, 4) is 0 Å². The molecular formula is C15H8F3NOS3. The molecule has 0 atom stereocenters. The van der Waals surface area contributed by atoms with Crippen molar-refractivity contribution >= 4 is 57.3 Å². The highest BCUT2D eigenvalue weighted by atomic mass is 32.2. The Morgan fingerprint density at radius 2 is 1.96 bits per heavy atom. The van der Waals surface area contributed by atoms with Gasteiger partial charge in [0.25, 0.3) is 5.91 Å². The first-order valence-electron chi connectivity index (χ1n) is 6.35. The van der Waals surface area contributed by atoms with Crippen LogP contribution in [-0.4, -0.2) is 10.2 Å². The van der Waals surface area contributed by atoms with Crippen molar-refractivity contribution < 1.29 is 18.0 Å². The maximum absolute atomic E-state index is 12.8. The lowest BCUT2D eigenvalue weighted by Crippen LogP contribution is -2.27. The van der Waals surface area contributed by atoms with Gasteiger partial charge >= 0.3 is 6.18 Å². The van der Waals surface area contributed by atoms with E-state index in [1.54, 1.807) is 6.08 Å². The van der Waals surface area contributed by atoms with E-state index >= 15 is 0 Å². The average molecular weight is 371 g/mol. The summed E-state index contributed by atoms with van der Waals surface area (Å²) >= 11 is 7.70. The molecule has 2 aromatic rings. The summed E-state index contributed by atoms with van der Waals surface area (Å²) in [7, 11) is 0. The van der Waals surface area contributed by atoms with Gasteiger partial charge in [-0.3, -0.25) is 9.69 Å². The van der Waals surface area contributed by atoms with E-state index in [-0.39, 0.29) is 10.0 Å². The second-order valence-corrected chi connectivity index (χ2v) is 7.24. The van der Waals surface area contributed by atoms with E-state index in [1.165, 1.54) is 23.5 Å². The Bertz CT molecular complexity index is 797. The van der Waals surface area contributed by atoms with Crippen LogP contribution in [0.15, 0.2) is 46.7 Å². The number of benzene rings is 1. The molecule has 1 aromatic heterocycles. The zero-order valence-electron chi connectivity index (χ0n) is 11.3. The molecule has 1 aliphatic heterocycles. The number of hydrogen-bond donors (Lipinski definition) is 0. The highest BCUT2D eigenvalue weighted by Crippen LogP contribution is 2.38. The number of anilines is 1. The third kappa shape index (κ3) is 3.34. The van der Waals surface area contributed by atoms with Gasteiger partial charge in [0.15, 0.2) is 4.32 Å². The predicted octanol–water partition coefficient (Wildman–Crippen LogP) is 5.17. The Hall–Kier alpha value is -1.64. The van der Waals surface area contributed by atoms with Gasteiger partial charge in [0.2, 0.25) is 0 Å². The fourth-order valence-corrected chi connectivity index (χ4v) is 4.04. The molecule has 1 aromatic carbocycles. The van der Waals surface area contributed by atoms with Crippen LogP contribution in [0.25, 0.3) is 6.08 Å². The lowest BCUT2D eigenvalue weighted by atomic mass is 10.2. The molecule has 0 aliphatic carbocycles. The van der Waals surface area contributed by atoms with Crippen LogP contribution in [0.1, 0.15) is 10.4 Å². The first-order valence-corrected chi connectivity index (χ1v) is 8.45. The lowest BCUT2D eigenvalue weighted by Gasteiger charge is -2.16. The summed E-state index contributed by atoms with van der Waals surface area (Å²) < 4.78 is 38.7. The van der Waals surface area contributed by atoms with Gasteiger partial charge in [0, 0.05) is 4.88 Å². The number of hydrogen-bond acceptors (Lipinski definition) is 4. The Kier molecular flexibility index (Phi) is 4.31. The molecule has 0 radical (unpaired) electrons. The quantitative estimate of drug-likeness (QED) is 0.536. The SMILES string of the molecule is O=C1/C(=C\c2cccs2)SC(=S)N1c1cccc(C(F)(F)F)c1. The molecule has 1 fully saturated rings. The summed E-state index contributed by atoms with van der Waals surface area (Å²) in [4.78, 5) is 14.9. The van der Waals surface area contributed by atoms with Crippen LogP contribution < -0.4 is 4.90 Å². The summed E-state index contributed by atoms with van der Waals surface area (Å²) in [5.74, 6) is -0.410. The van der Waals surface area contributed by atoms with Crippen molar-refractivity contribution in [2.24, 2.45) is 0 Å². The summed E-state index contributed by atoms with van der Waals surface area (Å²) in [5, 5.41) is 1.87. The minimum Gasteiger partial charge on any atom is -0.268 e. The smallest absolute Gasteiger partial charge is 0.268 e. The van der Waals surface area contributed by atoms with Gasteiger partial charge in [-0.1, -0.05) is 36.1 Å². The van der Waals surface area contributed by atoms with Crippen molar-refractivity contribution in [2.75, 3.05) is 4.90 Å². The number of nitrogens with zero attached hydrogens (tertiary/aromatic N) is 1. The third-order valence-corrected chi connectivity index (χ3v) is 5.16. The first-order chi connectivity index (χ1) is 10.9. The van der Waals surface area contributed by atoms with Gasteiger partial charge in [0.1, 0.15) is 0 Å². The van der Waals surface area contributed by atoms with Crippen molar-refractivity contribution in [3.05, 3.63) is 57.1 Å². The minimum atomic E-state index is -4.47. The molecule has 0 bridgehead atoms. The van der Waals surface area contributed by atoms with Crippen molar-refractivity contribution in [1.29, 1.82) is 0 Å². The number of thioether (sulfide) groups is 1. The average Bonchev–Trinajstić information content (AvgIpc) is 3.08. The van der Waals surface area contributed by atoms with E-state index in [4.69, 9.17) is 12.2 Å². The molecule has 1 aliphatic rings. The van der Waals surface area contributed by atoms with E-state index in [0.717, 1.165) is 33.7 Å². The molecule has 0 unspecified atom stereocenters. The van der Waals surface area contributed by atoms with Crippen LogP contribution in [0.4, 0.5) is 18.9 Å². The summed E-state index contributed by atoms with van der Waals surface area (Å²) in [6, 6.07) is 8.29. The van der Waals surface area contributed by atoms with Crippen LogP contribution in [0.2, 0.25) is 0 Å². The van der Waals surface area contributed by atoms with Crippen molar-refractivity contribution in [3.63, 3.8) is 0 Å². The molecule has 0 spiro atoms. The zero-order chi connectivity index (χ0) is 16.6. The number of thiocarbonyl (C=S) groups is 1. The minimum absolute atomic E-state index is 0.122. The second-order valence-electron chi connectivity index (χ2n) is 4.58. The number of alkyl halides is 3. The molecule has 1 saturated heterocycles. The Labute approximate surface area is 143 Å². The maximum atomic E-state index is 12.8. The Morgan fingerprint density at radius 1 is 1.17 bits per heavy atom. The summed E-state index contributed by atoms with van der Waals surface area (Å²) in [6.45, 7) is 0. The van der Waals surface area contributed by atoms with Crippen LogP contribution in [0.5, 0.6) is 0 Å². The lowest BCUT2D eigenvalue weighted by molar-refractivity contribution is -0.137. The van der Waals surface area contributed by atoms with E-state index < -0.39 is 17.6 Å². The fraction of sp³-hybridized carbons (Fsp3) is 0.0667. The molecule has 3 rings (SSSR count). The molecular weight excluding hydrogens is 363 g/mol. The molecule has 2 nitrogen and oxygen atoms in total. The first kappa shape index (κ1) is 16.2. The third-order valence-electron chi connectivity index (χ3n) is 3.04. The van der Waals surface area contributed by atoms with Gasteiger partial charge in [-0.15, -0.1) is 11.3 Å². The Balaban J connectivity index is 1.95. The standard InChI is InChI=1S/C15H8F3NOS3/c16-15(17,18)9-3-1-4-10(7-9)19-13(20)12(23-14(19)21)8-11-5-2-6-22-11/h1-8H/b12-8+. The van der Waals surface area contributed by atoms with Gasteiger partial charge < -0.3 is 0 Å². The monoisotopic (exact) mass is 371 g/mol. The molecule has 1 amide bonds. The fourth-order valence-electron chi connectivity index (χ4n) is 2.01. The topological polar surface area (TPSA) is 20.3 Å². The highest BCUT2D eigenvalue weighted by Gasteiger charge is 2.36. The van der Waals surface area contributed by atoms with Gasteiger partial charge in [-0.25, -0.2) is 0 Å². The number of carbonyl (C=O) groups excluding carboxylic acids is 1. The molecule has 23 heavy (non-hydrogen) atoms. The molecule has 0 N–H and O–H groups in total.